The minimum absolute atomic E-state index is 0.0583. The lowest BCUT2D eigenvalue weighted by Crippen LogP contribution is -2.51. The summed E-state index contributed by atoms with van der Waals surface area (Å²) in [6.07, 6.45) is 3.40. The molecule has 2 aliphatic heterocycles. The van der Waals surface area contributed by atoms with Gasteiger partial charge in [-0.3, -0.25) is 14.9 Å². The van der Waals surface area contributed by atoms with Gasteiger partial charge in [0.05, 0.1) is 6.42 Å². The second kappa shape index (κ2) is 7.21. The number of anilines is 1. The zero-order valence-electron chi connectivity index (χ0n) is 13.6. The number of aliphatic imine (C=N–C) groups is 1. The van der Waals surface area contributed by atoms with Gasteiger partial charge in [0.1, 0.15) is 6.04 Å². The number of likely N-dealkylation sites (tertiary alicyclic amines) is 1. The molecule has 7 heteroatoms. The first-order chi connectivity index (χ1) is 11.5. The maximum Gasteiger partial charge on any atom is 0.249 e. The number of amides is 2. The molecular formula is C17H21ClN4O2. The van der Waals surface area contributed by atoms with E-state index in [0.717, 1.165) is 31.5 Å². The maximum absolute atomic E-state index is 12.5. The molecule has 1 fully saturated rings. The Morgan fingerprint density at radius 1 is 1.33 bits per heavy atom. The summed E-state index contributed by atoms with van der Waals surface area (Å²) in [7, 11) is 0. The number of guanidine groups is 1. The fourth-order valence-corrected chi connectivity index (χ4v) is 3.13. The highest BCUT2D eigenvalue weighted by molar-refractivity contribution is 6.31. The maximum atomic E-state index is 12.5. The van der Waals surface area contributed by atoms with Crippen LogP contribution in [0, 0.1) is 6.92 Å². The predicted molar refractivity (Wildman–Crippen MR) is 94.2 cm³/mol. The molecule has 2 amide bonds. The number of hydrogen-bond acceptors (Lipinski definition) is 4. The van der Waals surface area contributed by atoms with Crippen molar-refractivity contribution in [3.63, 3.8) is 0 Å². The zero-order valence-corrected chi connectivity index (χ0v) is 14.4. The van der Waals surface area contributed by atoms with E-state index in [0.29, 0.717) is 16.7 Å². The Kier molecular flexibility index (Phi) is 5.04. The largest absolute Gasteiger partial charge is 0.343 e. The molecule has 0 aromatic heterocycles. The fraction of sp³-hybridized carbons (Fsp3) is 0.471. The van der Waals surface area contributed by atoms with Gasteiger partial charge in [0.2, 0.25) is 17.8 Å². The number of carbonyl (C=O) groups excluding carboxylic acids is 2. The van der Waals surface area contributed by atoms with Gasteiger partial charge in [-0.15, -0.1) is 0 Å². The molecule has 6 nitrogen and oxygen atoms in total. The van der Waals surface area contributed by atoms with Gasteiger partial charge >= 0.3 is 0 Å². The van der Waals surface area contributed by atoms with E-state index in [1.54, 1.807) is 18.2 Å². The monoisotopic (exact) mass is 348 g/mol. The van der Waals surface area contributed by atoms with Crippen LogP contribution in [0.1, 0.15) is 31.2 Å². The number of hydrogen-bond donors (Lipinski definition) is 2. The summed E-state index contributed by atoms with van der Waals surface area (Å²) >= 11 is 6.08. The summed E-state index contributed by atoms with van der Waals surface area (Å²) in [5, 5.41) is 6.22. The third-order valence-electron chi connectivity index (χ3n) is 4.39. The van der Waals surface area contributed by atoms with Crippen molar-refractivity contribution in [3.05, 3.63) is 28.8 Å². The van der Waals surface area contributed by atoms with Crippen LogP contribution in [-0.4, -0.2) is 41.8 Å². The molecule has 0 bridgehead atoms. The molecule has 1 atom stereocenters. The first kappa shape index (κ1) is 16.8. The van der Waals surface area contributed by atoms with Gasteiger partial charge in [-0.2, -0.15) is 0 Å². The Morgan fingerprint density at radius 2 is 2.08 bits per heavy atom. The number of piperidine rings is 1. The lowest BCUT2D eigenvalue weighted by molar-refractivity contribution is -0.125. The summed E-state index contributed by atoms with van der Waals surface area (Å²) in [5.74, 6) is 0.0622. The van der Waals surface area contributed by atoms with Crippen molar-refractivity contribution in [2.24, 2.45) is 4.99 Å². The molecule has 1 unspecified atom stereocenters. The highest BCUT2D eigenvalue weighted by Crippen LogP contribution is 2.23. The van der Waals surface area contributed by atoms with Crippen molar-refractivity contribution in [3.8, 4) is 0 Å². The minimum Gasteiger partial charge on any atom is -0.343 e. The van der Waals surface area contributed by atoms with E-state index in [4.69, 9.17) is 11.6 Å². The van der Waals surface area contributed by atoms with Crippen LogP contribution >= 0.6 is 11.6 Å². The average molecular weight is 349 g/mol. The number of nitrogens with zero attached hydrogens (tertiary/aromatic N) is 2. The van der Waals surface area contributed by atoms with Crippen LogP contribution in [0.3, 0.4) is 0 Å². The second-order valence-corrected chi connectivity index (χ2v) is 6.58. The molecule has 1 aromatic rings. The molecule has 0 saturated carbocycles. The molecule has 1 saturated heterocycles. The van der Waals surface area contributed by atoms with Gasteiger partial charge in [-0.05, 0) is 43.9 Å². The number of benzene rings is 1. The molecule has 0 spiro atoms. The van der Waals surface area contributed by atoms with Gasteiger partial charge in [-0.1, -0.05) is 17.7 Å². The van der Waals surface area contributed by atoms with E-state index in [-0.39, 0.29) is 18.2 Å². The molecule has 2 N–H and O–H groups in total. The quantitative estimate of drug-likeness (QED) is 0.861. The molecule has 1 aromatic carbocycles. The van der Waals surface area contributed by atoms with E-state index in [1.807, 2.05) is 11.8 Å². The van der Waals surface area contributed by atoms with Crippen LogP contribution < -0.4 is 10.6 Å². The van der Waals surface area contributed by atoms with Crippen molar-refractivity contribution in [2.75, 3.05) is 18.4 Å². The first-order valence-electron chi connectivity index (χ1n) is 8.23. The Balaban J connectivity index is 1.75. The summed E-state index contributed by atoms with van der Waals surface area (Å²) in [4.78, 5) is 31.0. The topological polar surface area (TPSA) is 73.8 Å². The van der Waals surface area contributed by atoms with Crippen molar-refractivity contribution >= 4 is 35.1 Å². The molecule has 0 aliphatic carbocycles. The van der Waals surface area contributed by atoms with Crippen LogP contribution in [0.2, 0.25) is 5.02 Å². The Labute approximate surface area is 146 Å². The van der Waals surface area contributed by atoms with Crippen molar-refractivity contribution in [1.29, 1.82) is 0 Å². The van der Waals surface area contributed by atoms with Gasteiger partial charge in [0.25, 0.3) is 0 Å². The lowest BCUT2D eigenvalue weighted by Gasteiger charge is -2.32. The van der Waals surface area contributed by atoms with E-state index < -0.39 is 6.04 Å². The van der Waals surface area contributed by atoms with Crippen LogP contribution in [0.5, 0.6) is 0 Å². The number of rotatable bonds is 2. The molecule has 24 heavy (non-hydrogen) atoms. The predicted octanol–water partition coefficient (Wildman–Crippen LogP) is 2.32. The van der Waals surface area contributed by atoms with E-state index >= 15 is 0 Å². The Hall–Kier alpha value is -2.08. The second-order valence-electron chi connectivity index (χ2n) is 6.17. The van der Waals surface area contributed by atoms with E-state index in [2.05, 4.69) is 15.6 Å². The Morgan fingerprint density at radius 3 is 2.83 bits per heavy atom. The van der Waals surface area contributed by atoms with E-state index in [1.165, 1.54) is 6.42 Å². The van der Waals surface area contributed by atoms with Gasteiger partial charge < -0.3 is 10.2 Å². The van der Waals surface area contributed by atoms with Crippen LogP contribution in [-0.2, 0) is 9.59 Å². The summed E-state index contributed by atoms with van der Waals surface area (Å²) in [6, 6.07) is 4.62. The van der Waals surface area contributed by atoms with E-state index in [9.17, 15) is 9.59 Å². The molecule has 0 radical (unpaired) electrons. The third kappa shape index (κ3) is 3.70. The smallest absolute Gasteiger partial charge is 0.249 e. The van der Waals surface area contributed by atoms with Gasteiger partial charge in [0.15, 0.2) is 0 Å². The van der Waals surface area contributed by atoms with Crippen LogP contribution in [0.15, 0.2) is 23.2 Å². The molecule has 3 rings (SSSR count). The summed E-state index contributed by atoms with van der Waals surface area (Å²) in [5.41, 5.74) is 1.45. The number of carbonyl (C=O) groups is 2. The first-order valence-corrected chi connectivity index (χ1v) is 8.61. The van der Waals surface area contributed by atoms with Crippen LogP contribution in [0.4, 0.5) is 5.69 Å². The third-order valence-corrected chi connectivity index (χ3v) is 4.80. The highest BCUT2D eigenvalue weighted by atomic mass is 35.5. The van der Waals surface area contributed by atoms with Crippen LogP contribution in [0.25, 0.3) is 0 Å². The number of halogens is 1. The normalized spacial score (nSPS) is 21.1. The lowest BCUT2D eigenvalue weighted by atomic mass is 10.1. The molecule has 128 valence electrons. The summed E-state index contributed by atoms with van der Waals surface area (Å²) < 4.78 is 0. The SMILES string of the molecule is Cc1c(Cl)cccc1NC(=O)C1CC(=O)NC(N2CCCCC2)=N1. The van der Waals surface area contributed by atoms with Gasteiger partial charge in [-0.25, -0.2) is 4.99 Å². The molecule has 2 heterocycles. The van der Waals surface area contributed by atoms with Crippen molar-refractivity contribution < 1.29 is 9.59 Å². The molecular weight excluding hydrogens is 328 g/mol. The van der Waals surface area contributed by atoms with Crippen molar-refractivity contribution in [1.82, 2.24) is 10.2 Å². The standard InChI is InChI=1S/C17H21ClN4O2/c1-11-12(18)6-5-7-13(11)19-16(24)14-10-15(23)21-17(20-14)22-8-3-2-4-9-22/h5-7,14H,2-4,8-10H2,1H3,(H,19,24)(H,20,21,23). The highest BCUT2D eigenvalue weighted by Gasteiger charge is 2.30. The average Bonchev–Trinajstić information content (AvgIpc) is 2.59. The fourth-order valence-electron chi connectivity index (χ4n) is 2.95. The zero-order chi connectivity index (χ0) is 17.1. The van der Waals surface area contributed by atoms with Gasteiger partial charge in [0, 0.05) is 23.8 Å². The molecule has 2 aliphatic rings. The van der Waals surface area contributed by atoms with Crippen molar-refractivity contribution in [2.45, 2.75) is 38.6 Å². The minimum atomic E-state index is -0.714. The number of nitrogens with one attached hydrogen (secondary N) is 2. The summed E-state index contributed by atoms with van der Waals surface area (Å²) in [6.45, 7) is 3.57. The Bertz CT molecular complexity index is 683.